The van der Waals surface area contributed by atoms with E-state index < -0.39 is 10.0 Å². The molecule has 1 fully saturated rings. The van der Waals surface area contributed by atoms with Gasteiger partial charge in [0.25, 0.3) is 0 Å². The minimum atomic E-state index is -3.61. The van der Waals surface area contributed by atoms with E-state index in [2.05, 4.69) is 47.3 Å². The average Bonchev–Trinajstić information content (AvgIpc) is 2.83. The Balaban J connectivity index is 1.60. The summed E-state index contributed by atoms with van der Waals surface area (Å²) in [6.07, 6.45) is 5.74. The lowest BCUT2D eigenvalue weighted by atomic mass is 9.83. The van der Waals surface area contributed by atoms with E-state index in [4.69, 9.17) is 5.26 Å². The van der Waals surface area contributed by atoms with Gasteiger partial charge in [-0.25, -0.2) is 18.1 Å². The molecule has 1 aliphatic carbocycles. The second-order valence-corrected chi connectivity index (χ2v) is 10.8. The largest absolute Gasteiger partial charge is 0.394 e. The number of nitriles is 1. The van der Waals surface area contributed by atoms with Gasteiger partial charge < -0.3 is 15.7 Å². The van der Waals surface area contributed by atoms with E-state index in [1.54, 1.807) is 18.3 Å². The third kappa shape index (κ3) is 7.11. The standard InChI is InChI=1S/C22H29BrN6O3S/c1-2-17(14-30)27-21-20(23)13-25-22(29-21)28-18-7-9-19(10-8-18)33(31,32)26-12-16-5-3-15(11-24)4-6-16/h7-10,13,15-17,26,30H,2-6,12,14H2,1H3,(H2,25,27,28,29)/t15?,16?,17-/m1/s1. The summed E-state index contributed by atoms with van der Waals surface area (Å²) in [6, 6.07) is 8.56. The highest BCUT2D eigenvalue weighted by Gasteiger charge is 2.23. The van der Waals surface area contributed by atoms with Gasteiger partial charge in [-0.3, -0.25) is 0 Å². The van der Waals surface area contributed by atoms with E-state index in [0.29, 0.717) is 28.5 Å². The van der Waals surface area contributed by atoms with Crippen LogP contribution in [0.5, 0.6) is 0 Å². The number of aliphatic hydroxyl groups is 1. The highest BCUT2D eigenvalue weighted by Crippen LogP contribution is 2.28. The van der Waals surface area contributed by atoms with Crippen LogP contribution in [-0.4, -0.2) is 42.7 Å². The quantitative estimate of drug-likeness (QED) is 0.359. The molecule has 3 rings (SSSR count). The van der Waals surface area contributed by atoms with Gasteiger partial charge in [0.1, 0.15) is 5.82 Å². The average molecular weight is 537 g/mol. The minimum Gasteiger partial charge on any atom is -0.394 e. The van der Waals surface area contributed by atoms with E-state index in [9.17, 15) is 13.5 Å². The summed E-state index contributed by atoms with van der Waals surface area (Å²) in [5.74, 6) is 1.26. The van der Waals surface area contributed by atoms with Crippen LogP contribution in [0.25, 0.3) is 0 Å². The van der Waals surface area contributed by atoms with E-state index in [-0.39, 0.29) is 29.4 Å². The second-order valence-electron chi connectivity index (χ2n) is 8.17. The van der Waals surface area contributed by atoms with Crippen molar-refractivity contribution in [3.8, 4) is 6.07 Å². The van der Waals surface area contributed by atoms with Crippen LogP contribution in [0.4, 0.5) is 17.5 Å². The van der Waals surface area contributed by atoms with Crippen molar-refractivity contribution in [1.29, 1.82) is 5.26 Å². The van der Waals surface area contributed by atoms with Crippen molar-refractivity contribution in [2.24, 2.45) is 11.8 Å². The van der Waals surface area contributed by atoms with Gasteiger partial charge in [-0.15, -0.1) is 0 Å². The number of rotatable bonds is 10. The van der Waals surface area contributed by atoms with Gasteiger partial charge in [0.15, 0.2) is 0 Å². The molecule has 9 nitrogen and oxygen atoms in total. The molecule has 0 radical (unpaired) electrons. The first-order valence-corrected chi connectivity index (χ1v) is 13.3. The Hall–Kier alpha value is -2.26. The second kappa shape index (κ2) is 11.7. The molecule has 1 heterocycles. The molecule has 0 spiro atoms. The number of hydrogen-bond acceptors (Lipinski definition) is 8. The molecule has 1 aliphatic rings. The molecule has 2 aromatic rings. The molecule has 1 aromatic carbocycles. The van der Waals surface area contributed by atoms with Gasteiger partial charge in [-0.05, 0) is 78.2 Å². The summed E-state index contributed by atoms with van der Waals surface area (Å²) < 4.78 is 28.7. The molecule has 0 aliphatic heterocycles. The Morgan fingerprint density at radius 3 is 2.55 bits per heavy atom. The van der Waals surface area contributed by atoms with Gasteiger partial charge in [0, 0.05) is 24.3 Å². The van der Waals surface area contributed by atoms with Crippen molar-refractivity contribution in [3.63, 3.8) is 0 Å². The number of nitrogens with one attached hydrogen (secondary N) is 3. The molecule has 1 saturated carbocycles. The first-order valence-electron chi connectivity index (χ1n) is 11.0. The predicted octanol–water partition coefficient (Wildman–Crippen LogP) is 3.77. The third-order valence-electron chi connectivity index (χ3n) is 5.81. The summed E-state index contributed by atoms with van der Waals surface area (Å²) in [6.45, 7) is 2.34. The van der Waals surface area contributed by atoms with Crippen LogP contribution in [0.3, 0.4) is 0 Å². The van der Waals surface area contributed by atoms with Crippen LogP contribution in [-0.2, 0) is 10.0 Å². The number of nitrogens with zero attached hydrogens (tertiary/aromatic N) is 3. The van der Waals surface area contributed by atoms with Crippen LogP contribution in [0, 0.1) is 23.2 Å². The number of sulfonamides is 1. The zero-order valence-electron chi connectivity index (χ0n) is 18.5. The summed E-state index contributed by atoms with van der Waals surface area (Å²) in [5, 5.41) is 24.6. The molecule has 4 N–H and O–H groups in total. The smallest absolute Gasteiger partial charge is 0.240 e. The number of anilines is 3. The number of aromatic nitrogens is 2. The summed E-state index contributed by atoms with van der Waals surface area (Å²) in [4.78, 5) is 8.85. The lowest BCUT2D eigenvalue weighted by Crippen LogP contribution is -2.31. The number of hydrogen-bond donors (Lipinski definition) is 4. The summed E-state index contributed by atoms with van der Waals surface area (Å²) >= 11 is 3.40. The molecule has 0 unspecified atom stereocenters. The zero-order chi connectivity index (χ0) is 23.8. The lowest BCUT2D eigenvalue weighted by Gasteiger charge is -2.24. The summed E-state index contributed by atoms with van der Waals surface area (Å²) in [5.41, 5.74) is 0.645. The maximum atomic E-state index is 12.7. The molecular formula is C22H29BrN6O3S. The molecule has 33 heavy (non-hydrogen) atoms. The van der Waals surface area contributed by atoms with Gasteiger partial charge in [0.05, 0.1) is 28.1 Å². The molecule has 0 bridgehead atoms. The van der Waals surface area contributed by atoms with Crippen LogP contribution < -0.4 is 15.4 Å². The maximum absolute atomic E-state index is 12.7. The Morgan fingerprint density at radius 1 is 1.24 bits per heavy atom. The molecule has 178 valence electrons. The van der Waals surface area contributed by atoms with Crippen molar-refractivity contribution < 1.29 is 13.5 Å². The Morgan fingerprint density at radius 2 is 1.94 bits per heavy atom. The van der Waals surface area contributed by atoms with E-state index >= 15 is 0 Å². The van der Waals surface area contributed by atoms with Crippen LogP contribution in [0.1, 0.15) is 39.0 Å². The fraction of sp³-hybridized carbons (Fsp3) is 0.500. The van der Waals surface area contributed by atoms with E-state index in [1.165, 1.54) is 12.1 Å². The van der Waals surface area contributed by atoms with Crippen molar-refractivity contribution >= 4 is 43.4 Å². The van der Waals surface area contributed by atoms with E-state index in [0.717, 1.165) is 32.1 Å². The fourth-order valence-electron chi connectivity index (χ4n) is 3.65. The molecular weight excluding hydrogens is 508 g/mol. The van der Waals surface area contributed by atoms with E-state index in [1.807, 2.05) is 6.92 Å². The van der Waals surface area contributed by atoms with Crippen LogP contribution in [0.15, 0.2) is 39.8 Å². The van der Waals surface area contributed by atoms with Gasteiger partial charge in [-0.2, -0.15) is 10.2 Å². The first kappa shape index (κ1) is 25.4. The predicted molar refractivity (Wildman–Crippen MR) is 130 cm³/mol. The Kier molecular flexibility index (Phi) is 9.02. The highest BCUT2D eigenvalue weighted by molar-refractivity contribution is 9.10. The highest BCUT2D eigenvalue weighted by atomic mass is 79.9. The molecule has 1 atom stereocenters. The van der Waals surface area contributed by atoms with Gasteiger partial charge in [-0.1, -0.05) is 6.92 Å². The maximum Gasteiger partial charge on any atom is 0.240 e. The van der Waals surface area contributed by atoms with Crippen molar-refractivity contribution in [1.82, 2.24) is 14.7 Å². The number of aliphatic hydroxyl groups excluding tert-OH is 1. The normalized spacial score (nSPS) is 19.5. The van der Waals surface area contributed by atoms with Crippen molar-refractivity contribution in [3.05, 3.63) is 34.9 Å². The van der Waals surface area contributed by atoms with Gasteiger partial charge >= 0.3 is 0 Å². The molecule has 11 heteroatoms. The Bertz CT molecular complexity index is 1060. The minimum absolute atomic E-state index is 0.0131. The van der Waals surface area contributed by atoms with Crippen LogP contribution >= 0.6 is 15.9 Å². The topological polar surface area (TPSA) is 140 Å². The lowest BCUT2D eigenvalue weighted by molar-refractivity contribution is 0.271. The third-order valence-corrected chi connectivity index (χ3v) is 7.83. The Labute approximate surface area is 203 Å². The summed E-state index contributed by atoms with van der Waals surface area (Å²) in [7, 11) is -3.61. The molecule has 0 amide bonds. The van der Waals surface area contributed by atoms with Crippen LogP contribution in [0.2, 0.25) is 0 Å². The SMILES string of the molecule is CC[C@H](CO)Nc1nc(Nc2ccc(S(=O)(=O)NCC3CCC(C#N)CC3)cc2)ncc1Br. The fourth-order valence-corrected chi connectivity index (χ4v) is 5.07. The number of halogens is 1. The first-order chi connectivity index (χ1) is 15.8. The molecule has 0 saturated heterocycles. The zero-order valence-corrected chi connectivity index (χ0v) is 20.9. The van der Waals surface area contributed by atoms with Crippen molar-refractivity contribution in [2.75, 3.05) is 23.8 Å². The molecule has 1 aromatic heterocycles. The van der Waals surface area contributed by atoms with Gasteiger partial charge in [0.2, 0.25) is 16.0 Å². The monoisotopic (exact) mass is 536 g/mol. The number of benzene rings is 1. The van der Waals surface area contributed by atoms with Crippen molar-refractivity contribution in [2.45, 2.75) is 50.0 Å².